The average molecular weight is 429 g/mol. The standard InChI is InChI=1S/C17H19ClF2N6OS/c18-12-8-23-16(28-12)24-15(27)13(11-5-6-17(19,20)7-11)9-1-3-10(4-2-9)14(21)25-26-22/h1-4,8,11,13,26H,5-7,22H2,(H2,21,25)(H,23,24,27). The van der Waals surface area contributed by atoms with E-state index >= 15 is 0 Å². The van der Waals surface area contributed by atoms with Crippen molar-refractivity contribution in [3.8, 4) is 0 Å². The summed E-state index contributed by atoms with van der Waals surface area (Å²) in [6, 6.07) is 6.70. The minimum absolute atomic E-state index is 0.167. The summed E-state index contributed by atoms with van der Waals surface area (Å²) >= 11 is 6.95. The van der Waals surface area contributed by atoms with Crippen LogP contribution in [0, 0.1) is 5.92 Å². The van der Waals surface area contributed by atoms with Gasteiger partial charge in [0.25, 0.3) is 0 Å². The molecular formula is C17H19ClF2N6OS. The van der Waals surface area contributed by atoms with E-state index in [0.29, 0.717) is 20.6 Å². The van der Waals surface area contributed by atoms with Crippen molar-refractivity contribution in [1.29, 1.82) is 0 Å². The predicted molar refractivity (Wildman–Crippen MR) is 105 cm³/mol. The summed E-state index contributed by atoms with van der Waals surface area (Å²) in [6.07, 6.45) is 1.10. The van der Waals surface area contributed by atoms with E-state index in [4.69, 9.17) is 23.2 Å². The molecule has 0 bridgehead atoms. The topological polar surface area (TPSA) is 118 Å². The fourth-order valence-electron chi connectivity index (χ4n) is 3.40. The number of hydrazone groups is 1. The van der Waals surface area contributed by atoms with E-state index in [1.54, 1.807) is 24.3 Å². The highest BCUT2D eigenvalue weighted by atomic mass is 35.5. The molecular weight excluding hydrogens is 410 g/mol. The van der Waals surface area contributed by atoms with Gasteiger partial charge in [0, 0.05) is 18.4 Å². The molecule has 0 radical (unpaired) electrons. The van der Waals surface area contributed by atoms with E-state index in [9.17, 15) is 13.6 Å². The van der Waals surface area contributed by atoms with E-state index in [2.05, 4.69) is 20.9 Å². The minimum atomic E-state index is -2.77. The molecule has 1 fully saturated rings. The maximum absolute atomic E-state index is 13.8. The first-order valence-corrected chi connectivity index (χ1v) is 9.67. The summed E-state index contributed by atoms with van der Waals surface area (Å²) in [5.74, 6) is 0.869. The maximum Gasteiger partial charge on any atom is 0.248 e. The van der Waals surface area contributed by atoms with Crippen LogP contribution >= 0.6 is 22.9 Å². The second-order valence-corrected chi connectivity index (χ2v) is 8.21. The largest absolute Gasteiger partial charge is 0.382 e. The van der Waals surface area contributed by atoms with Crippen LogP contribution in [-0.2, 0) is 4.79 Å². The van der Waals surface area contributed by atoms with Gasteiger partial charge in [-0.05, 0) is 17.9 Å². The Labute approximate surface area is 169 Å². The molecule has 1 saturated carbocycles. The molecule has 2 unspecified atom stereocenters. The van der Waals surface area contributed by atoms with Crippen molar-refractivity contribution in [3.63, 3.8) is 0 Å². The van der Waals surface area contributed by atoms with Crippen LogP contribution in [0.1, 0.15) is 36.3 Å². The zero-order chi connectivity index (χ0) is 20.3. The Morgan fingerprint density at radius 1 is 1.39 bits per heavy atom. The Morgan fingerprint density at radius 2 is 2.11 bits per heavy atom. The zero-order valence-electron chi connectivity index (χ0n) is 14.7. The van der Waals surface area contributed by atoms with Gasteiger partial charge < -0.3 is 11.1 Å². The van der Waals surface area contributed by atoms with Crippen molar-refractivity contribution in [2.75, 3.05) is 5.32 Å². The Bertz CT molecular complexity index is 873. The number of hydrazine groups is 1. The van der Waals surface area contributed by atoms with Gasteiger partial charge in [0.05, 0.1) is 12.1 Å². The van der Waals surface area contributed by atoms with Crippen LogP contribution in [0.5, 0.6) is 0 Å². The lowest BCUT2D eigenvalue weighted by Crippen LogP contribution is -2.27. The second-order valence-electron chi connectivity index (χ2n) is 6.54. The summed E-state index contributed by atoms with van der Waals surface area (Å²) in [5.41, 5.74) is 9.07. The molecule has 3 rings (SSSR count). The quantitative estimate of drug-likeness (QED) is 0.244. The van der Waals surface area contributed by atoms with Gasteiger partial charge >= 0.3 is 0 Å². The van der Waals surface area contributed by atoms with Crippen molar-refractivity contribution in [2.45, 2.75) is 31.1 Å². The maximum atomic E-state index is 13.8. The van der Waals surface area contributed by atoms with Gasteiger partial charge in [0.1, 0.15) is 4.34 Å². The van der Waals surface area contributed by atoms with Crippen LogP contribution in [0.4, 0.5) is 13.9 Å². The molecule has 28 heavy (non-hydrogen) atoms. The van der Waals surface area contributed by atoms with Crippen LogP contribution in [0.2, 0.25) is 4.34 Å². The van der Waals surface area contributed by atoms with Crippen LogP contribution in [0.25, 0.3) is 0 Å². The van der Waals surface area contributed by atoms with Crippen LogP contribution in [-0.4, -0.2) is 22.6 Å². The highest BCUT2D eigenvalue weighted by Gasteiger charge is 2.45. The number of aromatic nitrogens is 1. The lowest BCUT2D eigenvalue weighted by Gasteiger charge is -2.23. The second kappa shape index (κ2) is 8.38. The molecule has 1 aromatic heterocycles. The van der Waals surface area contributed by atoms with Crippen LogP contribution in [0.3, 0.4) is 0 Å². The van der Waals surface area contributed by atoms with Crippen molar-refractivity contribution < 1.29 is 13.6 Å². The molecule has 0 saturated heterocycles. The predicted octanol–water partition coefficient (Wildman–Crippen LogP) is 3.04. The Hall–Kier alpha value is -2.30. The number of nitrogens with two attached hydrogens (primary N) is 2. The summed E-state index contributed by atoms with van der Waals surface area (Å²) in [5, 5.41) is 6.70. The number of benzene rings is 1. The molecule has 0 spiro atoms. The number of hydrogen-bond donors (Lipinski definition) is 4. The number of nitrogens with zero attached hydrogens (tertiary/aromatic N) is 2. The molecule has 1 aliphatic rings. The smallest absolute Gasteiger partial charge is 0.248 e. The summed E-state index contributed by atoms with van der Waals surface area (Å²) < 4.78 is 28.0. The van der Waals surface area contributed by atoms with Gasteiger partial charge in [-0.15, -0.1) is 5.10 Å². The van der Waals surface area contributed by atoms with E-state index in [0.717, 1.165) is 11.3 Å². The summed E-state index contributed by atoms with van der Waals surface area (Å²) in [7, 11) is 0. The number of carbonyl (C=O) groups is 1. The van der Waals surface area contributed by atoms with E-state index in [1.165, 1.54) is 6.20 Å². The van der Waals surface area contributed by atoms with E-state index < -0.39 is 23.7 Å². The number of nitrogens with one attached hydrogen (secondary N) is 2. The number of halogens is 3. The molecule has 6 N–H and O–H groups in total. The summed E-state index contributed by atoms with van der Waals surface area (Å²) in [4.78, 5) is 16.9. The van der Waals surface area contributed by atoms with Crippen LogP contribution < -0.4 is 22.4 Å². The normalized spacial score (nSPS) is 20.0. The van der Waals surface area contributed by atoms with Gasteiger partial charge in [0.15, 0.2) is 11.0 Å². The Kier molecular flexibility index (Phi) is 6.11. The fraction of sp³-hybridized carbons (Fsp3) is 0.353. The first-order chi connectivity index (χ1) is 13.3. The molecule has 2 aromatic rings. The zero-order valence-corrected chi connectivity index (χ0v) is 16.2. The van der Waals surface area contributed by atoms with Crippen molar-refractivity contribution in [2.24, 2.45) is 22.6 Å². The van der Waals surface area contributed by atoms with Gasteiger partial charge in [-0.25, -0.2) is 25.1 Å². The first-order valence-electron chi connectivity index (χ1n) is 8.48. The molecule has 150 valence electrons. The molecule has 2 atom stereocenters. The average Bonchev–Trinajstić information content (AvgIpc) is 3.21. The van der Waals surface area contributed by atoms with Gasteiger partial charge in [0.2, 0.25) is 11.8 Å². The van der Waals surface area contributed by atoms with Gasteiger partial charge in [-0.3, -0.25) is 4.79 Å². The van der Waals surface area contributed by atoms with Crippen molar-refractivity contribution in [3.05, 3.63) is 45.9 Å². The highest BCUT2D eigenvalue weighted by molar-refractivity contribution is 7.19. The highest BCUT2D eigenvalue weighted by Crippen LogP contribution is 2.46. The molecule has 1 aromatic carbocycles. The number of thiazole rings is 1. The SMILES string of the molecule is NN/N=C(\N)c1ccc(C(C(=O)Nc2ncc(Cl)s2)C2CCC(F)(F)C2)cc1. The van der Waals surface area contributed by atoms with E-state index in [1.807, 2.05) is 0 Å². The van der Waals surface area contributed by atoms with E-state index in [-0.39, 0.29) is 25.1 Å². The number of hydrogen-bond acceptors (Lipinski definition) is 6. The lowest BCUT2D eigenvalue weighted by atomic mass is 9.83. The first kappa shape index (κ1) is 20.4. The van der Waals surface area contributed by atoms with Gasteiger partial charge in [-0.1, -0.05) is 47.2 Å². The summed E-state index contributed by atoms with van der Waals surface area (Å²) in [6.45, 7) is 0. The van der Waals surface area contributed by atoms with Crippen molar-refractivity contribution >= 4 is 39.8 Å². The number of amides is 1. The fourth-order valence-corrected chi connectivity index (χ4v) is 4.21. The number of amidine groups is 1. The number of alkyl halides is 2. The van der Waals surface area contributed by atoms with Crippen molar-refractivity contribution in [1.82, 2.24) is 10.5 Å². The Morgan fingerprint density at radius 3 is 2.64 bits per heavy atom. The number of rotatable bonds is 6. The molecule has 1 heterocycles. The Balaban J connectivity index is 1.87. The molecule has 7 nitrogen and oxygen atoms in total. The molecule has 1 amide bonds. The number of anilines is 1. The third-order valence-corrected chi connectivity index (χ3v) is 5.68. The monoisotopic (exact) mass is 428 g/mol. The minimum Gasteiger partial charge on any atom is -0.382 e. The molecule has 1 aliphatic carbocycles. The molecule has 11 heteroatoms. The lowest BCUT2D eigenvalue weighted by molar-refractivity contribution is -0.118. The van der Waals surface area contributed by atoms with Gasteiger partial charge in [-0.2, -0.15) is 0 Å². The van der Waals surface area contributed by atoms with Crippen LogP contribution in [0.15, 0.2) is 35.6 Å². The number of carbonyl (C=O) groups excluding carboxylic acids is 1. The third-order valence-electron chi connectivity index (χ3n) is 4.65. The third kappa shape index (κ3) is 4.75. The molecule has 0 aliphatic heterocycles.